The van der Waals surface area contributed by atoms with Gasteiger partial charge in [0.25, 0.3) is 6.43 Å². The predicted octanol–water partition coefficient (Wildman–Crippen LogP) is 1.25. The molecule has 0 saturated carbocycles. The molecule has 0 radical (unpaired) electrons. The summed E-state index contributed by atoms with van der Waals surface area (Å²) in [7, 11) is 1.62. The van der Waals surface area contributed by atoms with Crippen LogP contribution in [0.25, 0.3) is 0 Å². The van der Waals surface area contributed by atoms with Crippen LogP contribution in [0, 0.1) is 0 Å². The summed E-state index contributed by atoms with van der Waals surface area (Å²) in [5, 5.41) is 3.67. The second-order valence-corrected chi connectivity index (χ2v) is 3.20. The molecular weight excluding hydrogens is 176 g/mol. The fraction of sp³-hybridized carbons (Fsp3) is 0.625. The van der Waals surface area contributed by atoms with Crippen LogP contribution in [0.5, 0.6) is 0 Å². The lowest BCUT2D eigenvalue weighted by Gasteiger charge is -2.03. The van der Waals surface area contributed by atoms with Gasteiger partial charge in [-0.05, 0) is 13.3 Å². The first-order valence-electron chi connectivity index (χ1n) is 4.07. The Morgan fingerprint density at radius 1 is 1.62 bits per heavy atom. The van der Waals surface area contributed by atoms with E-state index >= 15 is 0 Å². The molecule has 3 nitrogen and oxygen atoms in total. The minimum absolute atomic E-state index is 0.123. The molecule has 1 atom stereocenters. The van der Waals surface area contributed by atoms with E-state index in [4.69, 9.17) is 5.73 Å². The Balaban J connectivity index is 2.91. The standard InChI is InChI=1S/C8H13F2N3/c1-5(11)3-6-4-13(2)12-7(6)8(9)10/h4-5,8H,3,11H2,1-2H3/t5-/m0/s1. The summed E-state index contributed by atoms with van der Waals surface area (Å²) < 4.78 is 26.1. The van der Waals surface area contributed by atoms with Crippen LogP contribution in [0.15, 0.2) is 6.20 Å². The zero-order valence-electron chi connectivity index (χ0n) is 7.67. The second-order valence-electron chi connectivity index (χ2n) is 3.20. The van der Waals surface area contributed by atoms with Gasteiger partial charge in [-0.1, -0.05) is 0 Å². The van der Waals surface area contributed by atoms with Gasteiger partial charge in [0.1, 0.15) is 5.69 Å². The van der Waals surface area contributed by atoms with E-state index in [1.165, 1.54) is 4.68 Å². The van der Waals surface area contributed by atoms with Gasteiger partial charge in [0.05, 0.1) is 0 Å². The molecule has 0 aliphatic carbocycles. The van der Waals surface area contributed by atoms with Crippen molar-refractivity contribution in [3.05, 3.63) is 17.5 Å². The lowest BCUT2D eigenvalue weighted by atomic mass is 10.1. The van der Waals surface area contributed by atoms with Crippen LogP contribution in [-0.4, -0.2) is 15.8 Å². The average molecular weight is 189 g/mol. The number of halogens is 2. The molecule has 0 bridgehead atoms. The van der Waals surface area contributed by atoms with Crippen LogP contribution in [0.4, 0.5) is 8.78 Å². The first kappa shape index (κ1) is 10.1. The van der Waals surface area contributed by atoms with E-state index in [-0.39, 0.29) is 11.7 Å². The highest BCUT2D eigenvalue weighted by Gasteiger charge is 2.17. The van der Waals surface area contributed by atoms with E-state index in [1.54, 1.807) is 20.2 Å². The summed E-state index contributed by atoms with van der Waals surface area (Å²) in [5.41, 5.74) is 5.90. The molecule has 0 aliphatic heterocycles. The molecule has 1 rings (SSSR count). The molecule has 0 aliphatic rings. The number of hydrogen-bond donors (Lipinski definition) is 1. The Labute approximate surface area is 75.5 Å². The summed E-state index contributed by atoms with van der Waals surface area (Å²) in [5.74, 6) is 0. The topological polar surface area (TPSA) is 43.8 Å². The lowest BCUT2D eigenvalue weighted by Crippen LogP contribution is -2.18. The van der Waals surface area contributed by atoms with Crippen LogP contribution in [0.1, 0.15) is 24.6 Å². The molecular formula is C8H13F2N3. The van der Waals surface area contributed by atoms with Crippen molar-refractivity contribution < 1.29 is 8.78 Å². The maximum absolute atomic E-state index is 12.4. The van der Waals surface area contributed by atoms with Gasteiger partial charge in [-0.3, -0.25) is 4.68 Å². The van der Waals surface area contributed by atoms with Gasteiger partial charge < -0.3 is 5.73 Å². The van der Waals surface area contributed by atoms with Crippen LogP contribution in [-0.2, 0) is 13.5 Å². The molecule has 0 aromatic carbocycles. The van der Waals surface area contributed by atoms with Gasteiger partial charge in [-0.2, -0.15) is 5.10 Å². The van der Waals surface area contributed by atoms with Crippen molar-refractivity contribution >= 4 is 0 Å². The molecule has 0 fully saturated rings. The molecule has 2 N–H and O–H groups in total. The van der Waals surface area contributed by atoms with Crippen LogP contribution in [0.2, 0.25) is 0 Å². The largest absolute Gasteiger partial charge is 0.328 e. The van der Waals surface area contributed by atoms with E-state index in [1.807, 2.05) is 0 Å². The predicted molar refractivity (Wildman–Crippen MR) is 45.5 cm³/mol. The summed E-state index contributed by atoms with van der Waals surface area (Å²) in [4.78, 5) is 0. The normalized spacial score (nSPS) is 13.7. The zero-order chi connectivity index (χ0) is 10.0. The highest BCUT2D eigenvalue weighted by Crippen LogP contribution is 2.21. The third-order valence-corrected chi connectivity index (χ3v) is 1.69. The third-order valence-electron chi connectivity index (χ3n) is 1.69. The molecule has 1 aromatic heterocycles. The number of alkyl halides is 2. The van der Waals surface area contributed by atoms with Crippen molar-refractivity contribution in [1.82, 2.24) is 9.78 Å². The number of aromatic nitrogens is 2. The van der Waals surface area contributed by atoms with E-state index in [0.717, 1.165) is 0 Å². The van der Waals surface area contributed by atoms with Crippen molar-refractivity contribution in [3.63, 3.8) is 0 Å². The van der Waals surface area contributed by atoms with Crippen molar-refractivity contribution in [2.75, 3.05) is 0 Å². The molecule has 5 heteroatoms. The summed E-state index contributed by atoms with van der Waals surface area (Å²) in [6.07, 6.45) is -0.492. The maximum atomic E-state index is 12.4. The first-order valence-corrected chi connectivity index (χ1v) is 4.07. The van der Waals surface area contributed by atoms with Crippen molar-refractivity contribution in [1.29, 1.82) is 0 Å². The van der Waals surface area contributed by atoms with Crippen LogP contribution in [0.3, 0.4) is 0 Å². The van der Waals surface area contributed by atoms with Gasteiger partial charge in [0, 0.05) is 24.8 Å². The van der Waals surface area contributed by atoms with E-state index in [2.05, 4.69) is 5.10 Å². The molecule has 74 valence electrons. The number of nitrogens with two attached hydrogens (primary N) is 1. The third kappa shape index (κ3) is 2.48. The average Bonchev–Trinajstić information content (AvgIpc) is 2.29. The Bertz CT molecular complexity index is 281. The highest BCUT2D eigenvalue weighted by molar-refractivity contribution is 5.19. The second kappa shape index (κ2) is 3.83. The molecule has 1 aromatic rings. The Hall–Kier alpha value is -0.970. The lowest BCUT2D eigenvalue weighted by molar-refractivity contribution is 0.144. The number of aryl methyl sites for hydroxylation is 1. The smallest absolute Gasteiger partial charge is 0.282 e. The van der Waals surface area contributed by atoms with Crippen LogP contribution >= 0.6 is 0 Å². The van der Waals surface area contributed by atoms with Gasteiger partial charge in [0.15, 0.2) is 0 Å². The fourth-order valence-electron chi connectivity index (χ4n) is 1.24. The van der Waals surface area contributed by atoms with E-state index in [0.29, 0.717) is 12.0 Å². The molecule has 0 spiro atoms. The molecule has 1 heterocycles. The molecule has 13 heavy (non-hydrogen) atoms. The van der Waals surface area contributed by atoms with Crippen LogP contribution < -0.4 is 5.73 Å². The van der Waals surface area contributed by atoms with Gasteiger partial charge >= 0.3 is 0 Å². The van der Waals surface area contributed by atoms with Gasteiger partial charge in [0.2, 0.25) is 0 Å². The Kier molecular flexibility index (Phi) is 2.98. The first-order chi connectivity index (χ1) is 6.00. The minimum Gasteiger partial charge on any atom is -0.328 e. The highest BCUT2D eigenvalue weighted by atomic mass is 19.3. The quantitative estimate of drug-likeness (QED) is 0.777. The Morgan fingerprint density at radius 3 is 2.69 bits per heavy atom. The van der Waals surface area contributed by atoms with E-state index < -0.39 is 6.43 Å². The summed E-state index contributed by atoms with van der Waals surface area (Å²) in [6, 6.07) is -0.123. The molecule has 0 unspecified atom stereocenters. The van der Waals surface area contributed by atoms with Crippen molar-refractivity contribution in [2.45, 2.75) is 25.8 Å². The van der Waals surface area contributed by atoms with Crippen molar-refractivity contribution in [2.24, 2.45) is 12.8 Å². The number of nitrogens with zero attached hydrogens (tertiary/aromatic N) is 2. The van der Waals surface area contributed by atoms with Gasteiger partial charge in [-0.15, -0.1) is 0 Å². The summed E-state index contributed by atoms with van der Waals surface area (Å²) >= 11 is 0. The zero-order valence-corrected chi connectivity index (χ0v) is 7.67. The molecule has 0 saturated heterocycles. The van der Waals surface area contributed by atoms with E-state index in [9.17, 15) is 8.78 Å². The minimum atomic E-state index is -2.52. The number of hydrogen-bond acceptors (Lipinski definition) is 2. The van der Waals surface area contributed by atoms with Gasteiger partial charge in [-0.25, -0.2) is 8.78 Å². The SMILES string of the molecule is C[C@H](N)Cc1cn(C)nc1C(F)F. The molecule has 0 amide bonds. The fourth-order valence-corrected chi connectivity index (χ4v) is 1.24. The Morgan fingerprint density at radius 2 is 2.23 bits per heavy atom. The monoisotopic (exact) mass is 189 g/mol. The van der Waals surface area contributed by atoms with Crippen molar-refractivity contribution in [3.8, 4) is 0 Å². The number of rotatable bonds is 3. The summed E-state index contributed by atoms with van der Waals surface area (Å²) in [6.45, 7) is 1.78. The maximum Gasteiger partial charge on any atom is 0.282 e.